The van der Waals surface area contributed by atoms with Crippen LogP contribution < -0.4 is 10.1 Å². The number of rotatable bonds is 7. The summed E-state index contributed by atoms with van der Waals surface area (Å²) < 4.78 is 31.9. The SMILES string of the molecule is COc1ccc(S(=O)(=O)N(C)CC(=O)N[C@@H](C)c2cc(C)c(C)cc2C)cc1C. The van der Waals surface area contributed by atoms with Gasteiger partial charge in [-0.15, -0.1) is 0 Å². The summed E-state index contributed by atoms with van der Waals surface area (Å²) in [6, 6.07) is 8.58. The average Bonchev–Trinajstić information content (AvgIpc) is 2.64. The monoisotopic (exact) mass is 418 g/mol. The summed E-state index contributed by atoms with van der Waals surface area (Å²) in [7, 11) is -0.849. The molecule has 158 valence electrons. The fourth-order valence-electron chi connectivity index (χ4n) is 3.29. The maximum absolute atomic E-state index is 12.8. The molecule has 29 heavy (non-hydrogen) atoms. The van der Waals surface area contributed by atoms with E-state index in [1.54, 1.807) is 19.1 Å². The Balaban J connectivity index is 2.11. The maximum atomic E-state index is 12.8. The van der Waals surface area contributed by atoms with Crippen LogP contribution in [0.15, 0.2) is 35.2 Å². The second-order valence-corrected chi connectivity index (χ2v) is 9.52. The van der Waals surface area contributed by atoms with Crippen LogP contribution in [0.25, 0.3) is 0 Å². The van der Waals surface area contributed by atoms with Crippen molar-refractivity contribution < 1.29 is 17.9 Å². The molecule has 0 bridgehead atoms. The summed E-state index contributed by atoms with van der Waals surface area (Å²) >= 11 is 0. The van der Waals surface area contributed by atoms with Crippen LogP contribution in [-0.2, 0) is 14.8 Å². The minimum absolute atomic E-state index is 0.129. The third kappa shape index (κ3) is 5.16. The first-order chi connectivity index (χ1) is 13.5. The Morgan fingerprint density at radius 2 is 1.66 bits per heavy atom. The maximum Gasteiger partial charge on any atom is 0.243 e. The Bertz CT molecular complexity index is 1020. The van der Waals surface area contributed by atoms with Crippen LogP contribution in [0, 0.1) is 27.7 Å². The largest absolute Gasteiger partial charge is 0.496 e. The van der Waals surface area contributed by atoms with Gasteiger partial charge >= 0.3 is 0 Å². The number of hydrogen-bond donors (Lipinski definition) is 1. The Morgan fingerprint density at radius 1 is 1.03 bits per heavy atom. The van der Waals surface area contributed by atoms with Gasteiger partial charge in [0.2, 0.25) is 15.9 Å². The van der Waals surface area contributed by atoms with E-state index in [4.69, 9.17) is 4.74 Å². The van der Waals surface area contributed by atoms with Crippen LogP contribution in [0.4, 0.5) is 0 Å². The molecular weight excluding hydrogens is 388 g/mol. The molecule has 0 saturated heterocycles. The Labute approximate surface area is 173 Å². The quantitative estimate of drug-likeness (QED) is 0.747. The second kappa shape index (κ2) is 8.97. The van der Waals surface area contributed by atoms with Crippen molar-refractivity contribution in [2.24, 2.45) is 0 Å². The van der Waals surface area contributed by atoms with Crippen LogP contribution in [0.2, 0.25) is 0 Å². The number of benzene rings is 2. The molecule has 0 aliphatic carbocycles. The lowest BCUT2D eigenvalue weighted by molar-refractivity contribution is -0.121. The predicted molar refractivity (Wildman–Crippen MR) is 115 cm³/mol. The number of nitrogens with zero attached hydrogens (tertiary/aromatic N) is 1. The second-order valence-electron chi connectivity index (χ2n) is 7.47. The van der Waals surface area contributed by atoms with Crippen molar-refractivity contribution in [1.29, 1.82) is 0 Å². The Kier molecular flexibility index (Phi) is 7.08. The van der Waals surface area contributed by atoms with E-state index in [2.05, 4.69) is 24.4 Å². The number of methoxy groups -OCH3 is 1. The Morgan fingerprint density at radius 3 is 2.24 bits per heavy atom. The molecule has 1 amide bonds. The number of carbonyl (C=O) groups excluding carboxylic acids is 1. The summed E-state index contributed by atoms with van der Waals surface area (Å²) in [5.74, 6) is 0.258. The van der Waals surface area contributed by atoms with Gasteiger partial charge in [0.05, 0.1) is 24.6 Å². The lowest BCUT2D eigenvalue weighted by atomic mass is 9.96. The first-order valence-electron chi connectivity index (χ1n) is 9.45. The predicted octanol–water partition coefficient (Wildman–Crippen LogP) is 3.43. The molecule has 0 heterocycles. The first-order valence-corrected chi connectivity index (χ1v) is 10.9. The summed E-state index contributed by atoms with van der Waals surface area (Å²) in [6.07, 6.45) is 0. The molecule has 1 N–H and O–H groups in total. The van der Waals surface area contributed by atoms with E-state index in [0.717, 1.165) is 21.0 Å². The number of carbonyl (C=O) groups is 1. The molecule has 0 spiro atoms. The van der Waals surface area contributed by atoms with Gasteiger partial charge in [-0.05, 0) is 80.6 Å². The summed E-state index contributed by atoms with van der Waals surface area (Å²) in [5, 5.41) is 2.90. The molecule has 0 aliphatic rings. The van der Waals surface area contributed by atoms with E-state index < -0.39 is 10.0 Å². The van der Waals surface area contributed by atoms with Crippen LogP contribution in [0.5, 0.6) is 5.75 Å². The van der Waals surface area contributed by atoms with E-state index in [1.807, 2.05) is 20.8 Å². The van der Waals surface area contributed by atoms with Crippen LogP contribution in [0.3, 0.4) is 0 Å². The van der Waals surface area contributed by atoms with Gasteiger partial charge in [-0.2, -0.15) is 4.31 Å². The van der Waals surface area contributed by atoms with E-state index in [-0.39, 0.29) is 23.4 Å². The average molecular weight is 419 g/mol. The fraction of sp³-hybridized carbons (Fsp3) is 0.409. The Hall–Kier alpha value is -2.38. The van der Waals surface area contributed by atoms with E-state index in [0.29, 0.717) is 11.3 Å². The van der Waals surface area contributed by atoms with Gasteiger partial charge in [0.1, 0.15) is 5.75 Å². The minimum Gasteiger partial charge on any atom is -0.496 e. The smallest absolute Gasteiger partial charge is 0.243 e. The zero-order valence-electron chi connectivity index (χ0n) is 18.2. The number of amides is 1. The third-order valence-corrected chi connectivity index (χ3v) is 6.97. The molecule has 2 rings (SSSR count). The fourth-order valence-corrected chi connectivity index (χ4v) is 4.51. The highest BCUT2D eigenvalue weighted by atomic mass is 32.2. The van der Waals surface area contributed by atoms with Crippen LogP contribution in [0.1, 0.15) is 40.8 Å². The molecule has 0 unspecified atom stereocenters. The van der Waals surface area contributed by atoms with Gasteiger partial charge in [-0.3, -0.25) is 4.79 Å². The molecule has 0 aliphatic heterocycles. The zero-order chi connectivity index (χ0) is 21.9. The number of aryl methyl sites for hydroxylation is 4. The lowest BCUT2D eigenvalue weighted by Gasteiger charge is -2.21. The van der Waals surface area contributed by atoms with E-state index in [1.165, 1.54) is 25.8 Å². The van der Waals surface area contributed by atoms with Crippen molar-refractivity contribution in [3.8, 4) is 5.75 Å². The molecule has 0 fully saturated rings. The molecule has 1 atom stereocenters. The van der Waals surface area contributed by atoms with Gasteiger partial charge in [0.25, 0.3) is 0 Å². The van der Waals surface area contributed by atoms with Gasteiger partial charge in [0.15, 0.2) is 0 Å². The summed E-state index contributed by atoms with van der Waals surface area (Å²) in [4.78, 5) is 12.6. The summed E-state index contributed by atoms with van der Waals surface area (Å²) in [5.41, 5.74) is 5.19. The number of sulfonamides is 1. The first kappa shape index (κ1) is 22.9. The minimum atomic E-state index is -3.79. The highest BCUT2D eigenvalue weighted by Gasteiger charge is 2.24. The van der Waals surface area contributed by atoms with E-state index in [9.17, 15) is 13.2 Å². The highest BCUT2D eigenvalue weighted by Crippen LogP contribution is 2.24. The van der Waals surface area contributed by atoms with Crippen LogP contribution in [-0.4, -0.2) is 39.3 Å². The zero-order valence-corrected chi connectivity index (χ0v) is 19.0. The van der Waals surface area contributed by atoms with Gasteiger partial charge in [-0.1, -0.05) is 12.1 Å². The molecule has 2 aromatic rings. The molecule has 0 saturated carbocycles. The van der Waals surface area contributed by atoms with E-state index >= 15 is 0 Å². The molecular formula is C22H30N2O4S. The number of likely N-dealkylation sites (N-methyl/N-ethyl adjacent to an activating group) is 1. The van der Waals surface area contributed by atoms with Crippen LogP contribution >= 0.6 is 0 Å². The highest BCUT2D eigenvalue weighted by molar-refractivity contribution is 7.89. The molecule has 2 aromatic carbocycles. The third-order valence-electron chi connectivity index (χ3n) is 5.17. The molecule has 7 heteroatoms. The van der Waals surface area contributed by atoms with Crippen molar-refractivity contribution in [1.82, 2.24) is 9.62 Å². The molecule has 0 aromatic heterocycles. The van der Waals surface area contributed by atoms with Gasteiger partial charge < -0.3 is 10.1 Å². The van der Waals surface area contributed by atoms with Gasteiger partial charge in [0, 0.05) is 7.05 Å². The normalized spacial score (nSPS) is 12.7. The number of nitrogens with one attached hydrogen (secondary N) is 1. The topological polar surface area (TPSA) is 75.7 Å². The van der Waals surface area contributed by atoms with Crippen molar-refractivity contribution >= 4 is 15.9 Å². The van der Waals surface area contributed by atoms with Crippen molar-refractivity contribution in [2.75, 3.05) is 20.7 Å². The van der Waals surface area contributed by atoms with Crippen molar-refractivity contribution in [3.63, 3.8) is 0 Å². The number of ether oxygens (including phenoxy) is 1. The molecule has 6 nitrogen and oxygen atoms in total. The summed E-state index contributed by atoms with van der Waals surface area (Å²) in [6.45, 7) is 9.50. The molecule has 0 radical (unpaired) electrons. The van der Waals surface area contributed by atoms with Crippen molar-refractivity contribution in [2.45, 2.75) is 45.6 Å². The van der Waals surface area contributed by atoms with Crippen molar-refractivity contribution in [3.05, 3.63) is 58.1 Å². The standard InChI is InChI=1S/C22H30N2O4S/c1-14-10-16(3)20(12-15(14)2)18(5)23-22(25)13-24(6)29(26,27)19-8-9-21(28-7)17(4)11-19/h8-12,18H,13H2,1-7H3,(H,23,25)/t18-/m0/s1. The number of hydrogen-bond acceptors (Lipinski definition) is 4. The lowest BCUT2D eigenvalue weighted by Crippen LogP contribution is -2.39. The van der Waals surface area contributed by atoms with Gasteiger partial charge in [-0.25, -0.2) is 8.42 Å².